The van der Waals surface area contributed by atoms with E-state index in [1.807, 2.05) is 6.92 Å². The van der Waals surface area contributed by atoms with Crippen LogP contribution < -0.4 is 10.1 Å². The highest BCUT2D eigenvalue weighted by molar-refractivity contribution is 6.29. The number of pyridine rings is 1. The van der Waals surface area contributed by atoms with E-state index in [1.54, 1.807) is 12.1 Å². The Kier molecular flexibility index (Phi) is 2.76. The molecule has 2 heterocycles. The zero-order valence-corrected chi connectivity index (χ0v) is 9.97. The van der Waals surface area contributed by atoms with Crippen LogP contribution in [0.4, 0.5) is 0 Å². The van der Waals surface area contributed by atoms with Gasteiger partial charge < -0.3 is 10.1 Å². The summed E-state index contributed by atoms with van der Waals surface area (Å²) in [5, 5.41) is 3.17. The van der Waals surface area contributed by atoms with Crippen LogP contribution in [0.2, 0.25) is 5.15 Å². The highest BCUT2D eigenvalue weighted by Gasteiger charge is 2.39. The fraction of sp³-hybridized carbons (Fsp3) is 0.455. The lowest BCUT2D eigenvalue weighted by atomic mass is 9.81. The number of ether oxygens (including phenoxy) is 1. The lowest BCUT2D eigenvalue weighted by Gasteiger charge is -2.21. The van der Waals surface area contributed by atoms with Crippen LogP contribution in [-0.2, 0) is 10.2 Å². The van der Waals surface area contributed by atoms with Crippen molar-refractivity contribution in [2.75, 3.05) is 13.7 Å². The van der Waals surface area contributed by atoms with Gasteiger partial charge in [-0.15, -0.1) is 0 Å². The Bertz CT molecular complexity index is 436. The Balaban J connectivity index is 2.47. The molecule has 0 radical (unpaired) electrons. The summed E-state index contributed by atoms with van der Waals surface area (Å²) in [4.78, 5) is 15.8. The summed E-state index contributed by atoms with van der Waals surface area (Å²) < 4.78 is 5.05. The Labute approximate surface area is 99.0 Å². The molecule has 2 rings (SSSR count). The zero-order chi connectivity index (χ0) is 11.8. The smallest absolute Gasteiger partial charge is 0.230 e. The van der Waals surface area contributed by atoms with Crippen LogP contribution in [0.3, 0.4) is 0 Å². The van der Waals surface area contributed by atoms with Crippen LogP contribution >= 0.6 is 11.6 Å². The van der Waals surface area contributed by atoms with Gasteiger partial charge in [0.2, 0.25) is 11.8 Å². The molecule has 86 valence electrons. The van der Waals surface area contributed by atoms with Gasteiger partial charge in [-0.1, -0.05) is 11.6 Å². The van der Waals surface area contributed by atoms with Crippen molar-refractivity contribution in [1.29, 1.82) is 0 Å². The van der Waals surface area contributed by atoms with Gasteiger partial charge in [-0.05, 0) is 25.0 Å². The summed E-state index contributed by atoms with van der Waals surface area (Å²) in [5.41, 5.74) is 0.319. The highest BCUT2D eigenvalue weighted by atomic mass is 35.5. The number of nitrogens with zero attached hydrogens (tertiary/aromatic N) is 1. The van der Waals surface area contributed by atoms with Crippen LogP contribution in [0, 0.1) is 0 Å². The molecule has 1 aliphatic heterocycles. The third-order valence-electron chi connectivity index (χ3n) is 3.03. The van der Waals surface area contributed by atoms with Crippen molar-refractivity contribution in [2.24, 2.45) is 0 Å². The second-order valence-corrected chi connectivity index (χ2v) is 4.45. The third kappa shape index (κ3) is 1.73. The molecule has 1 aliphatic rings. The topological polar surface area (TPSA) is 51.2 Å². The molecular formula is C11H13ClN2O2. The van der Waals surface area contributed by atoms with E-state index in [2.05, 4.69) is 10.3 Å². The first-order chi connectivity index (χ1) is 7.56. The molecular weight excluding hydrogens is 228 g/mol. The van der Waals surface area contributed by atoms with E-state index in [0.717, 1.165) is 12.0 Å². The van der Waals surface area contributed by atoms with Crippen LogP contribution in [0.15, 0.2) is 12.1 Å². The molecule has 4 nitrogen and oxygen atoms in total. The van der Waals surface area contributed by atoms with Gasteiger partial charge in [0.05, 0.1) is 12.5 Å². The van der Waals surface area contributed by atoms with E-state index in [9.17, 15) is 4.79 Å². The van der Waals surface area contributed by atoms with Gasteiger partial charge >= 0.3 is 0 Å². The molecule has 1 atom stereocenters. The summed E-state index contributed by atoms with van der Waals surface area (Å²) in [7, 11) is 1.53. The number of rotatable bonds is 2. The molecule has 1 saturated heterocycles. The van der Waals surface area contributed by atoms with Crippen LogP contribution in [0.5, 0.6) is 5.88 Å². The Morgan fingerprint density at radius 1 is 1.56 bits per heavy atom. The average Bonchev–Trinajstić information content (AvgIpc) is 2.60. The third-order valence-corrected chi connectivity index (χ3v) is 3.22. The lowest BCUT2D eigenvalue weighted by Crippen LogP contribution is -2.32. The second kappa shape index (κ2) is 3.94. The minimum Gasteiger partial charge on any atom is -0.481 e. The highest BCUT2D eigenvalue weighted by Crippen LogP contribution is 2.33. The average molecular weight is 241 g/mol. The molecule has 0 aromatic carbocycles. The van der Waals surface area contributed by atoms with Gasteiger partial charge in [0, 0.05) is 12.6 Å². The monoisotopic (exact) mass is 240 g/mol. The number of halogens is 1. The fourth-order valence-corrected chi connectivity index (χ4v) is 2.11. The SMILES string of the molecule is COc1cc(C2(C)CCNC2=O)cc(Cl)n1. The summed E-state index contributed by atoms with van der Waals surface area (Å²) in [6, 6.07) is 3.48. The lowest BCUT2D eigenvalue weighted by molar-refractivity contribution is -0.123. The van der Waals surface area contributed by atoms with Crippen molar-refractivity contribution >= 4 is 17.5 Å². The molecule has 0 aliphatic carbocycles. The maximum atomic E-state index is 11.8. The number of hydrogen-bond acceptors (Lipinski definition) is 3. The van der Waals surface area contributed by atoms with Gasteiger partial charge in [-0.2, -0.15) is 0 Å². The minimum absolute atomic E-state index is 0.0248. The molecule has 1 aromatic heterocycles. The number of hydrogen-bond donors (Lipinski definition) is 1. The van der Waals surface area contributed by atoms with E-state index in [0.29, 0.717) is 17.6 Å². The van der Waals surface area contributed by atoms with Gasteiger partial charge in [0.25, 0.3) is 0 Å². The van der Waals surface area contributed by atoms with Crippen molar-refractivity contribution < 1.29 is 9.53 Å². The van der Waals surface area contributed by atoms with Crippen LogP contribution in [-0.4, -0.2) is 24.5 Å². The predicted molar refractivity (Wildman–Crippen MR) is 60.8 cm³/mol. The molecule has 1 unspecified atom stereocenters. The van der Waals surface area contributed by atoms with E-state index in [-0.39, 0.29) is 5.91 Å². The van der Waals surface area contributed by atoms with Crippen molar-refractivity contribution in [3.05, 3.63) is 22.8 Å². The largest absolute Gasteiger partial charge is 0.481 e. The summed E-state index contributed by atoms with van der Waals surface area (Å²) >= 11 is 5.89. The number of carbonyl (C=O) groups is 1. The minimum atomic E-state index is -0.528. The molecule has 16 heavy (non-hydrogen) atoms. The Hall–Kier alpha value is -1.29. The van der Waals surface area contributed by atoms with Crippen molar-refractivity contribution in [2.45, 2.75) is 18.8 Å². The number of methoxy groups -OCH3 is 1. The Morgan fingerprint density at radius 2 is 2.31 bits per heavy atom. The van der Waals surface area contributed by atoms with Gasteiger partial charge in [0.1, 0.15) is 5.15 Å². The quantitative estimate of drug-likeness (QED) is 0.798. The van der Waals surface area contributed by atoms with Crippen molar-refractivity contribution in [1.82, 2.24) is 10.3 Å². The van der Waals surface area contributed by atoms with E-state index in [1.165, 1.54) is 7.11 Å². The first-order valence-electron chi connectivity index (χ1n) is 5.06. The molecule has 1 amide bonds. The van der Waals surface area contributed by atoms with Crippen molar-refractivity contribution in [3.63, 3.8) is 0 Å². The molecule has 0 spiro atoms. The molecule has 0 bridgehead atoms. The van der Waals surface area contributed by atoms with Gasteiger partial charge in [0.15, 0.2) is 0 Å². The first-order valence-corrected chi connectivity index (χ1v) is 5.44. The molecule has 1 N–H and O–H groups in total. The summed E-state index contributed by atoms with van der Waals surface area (Å²) in [6.45, 7) is 2.60. The van der Waals surface area contributed by atoms with Gasteiger partial charge in [-0.3, -0.25) is 4.79 Å². The first kappa shape index (κ1) is 11.2. The van der Waals surface area contributed by atoms with Crippen molar-refractivity contribution in [3.8, 4) is 5.88 Å². The van der Waals surface area contributed by atoms with Crippen LogP contribution in [0.1, 0.15) is 18.9 Å². The molecule has 1 fully saturated rings. The predicted octanol–water partition coefficient (Wildman–Crippen LogP) is 1.52. The molecule has 1 aromatic rings. The normalized spacial score (nSPS) is 24.3. The van der Waals surface area contributed by atoms with E-state index in [4.69, 9.17) is 16.3 Å². The maximum absolute atomic E-state index is 11.8. The maximum Gasteiger partial charge on any atom is 0.230 e. The number of carbonyl (C=O) groups excluding carboxylic acids is 1. The summed E-state index contributed by atoms with van der Waals surface area (Å²) in [5.74, 6) is 0.459. The number of aromatic nitrogens is 1. The fourth-order valence-electron chi connectivity index (χ4n) is 1.91. The van der Waals surface area contributed by atoms with Gasteiger partial charge in [-0.25, -0.2) is 4.98 Å². The van der Waals surface area contributed by atoms with E-state index < -0.39 is 5.41 Å². The molecule has 0 saturated carbocycles. The number of nitrogens with one attached hydrogen (secondary N) is 1. The Morgan fingerprint density at radius 3 is 2.88 bits per heavy atom. The second-order valence-electron chi connectivity index (χ2n) is 4.06. The standard InChI is InChI=1S/C11H13ClN2O2/c1-11(3-4-13-10(11)15)7-5-8(12)14-9(6-7)16-2/h5-6H,3-4H2,1-2H3,(H,13,15). The van der Waals surface area contributed by atoms with E-state index >= 15 is 0 Å². The number of amides is 1. The summed E-state index contributed by atoms with van der Waals surface area (Å²) in [6.07, 6.45) is 0.759. The molecule has 5 heteroatoms. The van der Waals surface area contributed by atoms with Crippen LogP contribution in [0.25, 0.3) is 0 Å². The zero-order valence-electron chi connectivity index (χ0n) is 9.21.